The van der Waals surface area contributed by atoms with Crippen LogP contribution in [0.2, 0.25) is 0 Å². The van der Waals surface area contributed by atoms with Gasteiger partial charge in [-0.05, 0) is 0 Å². The van der Waals surface area contributed by atoms with E-state index in [2.05, 4.69) is 0 Å². The molecule has 0 aromatic carbocycles. The third kappa shape index (κ3) is 5.26. The van der Waals surface area contributed by atoms with E-state index in [1.807, 2.05) is 0 Å². The molecule has 0 saturated heterocycles. The third-order valence-electron chi connectivity index (χ3n) is 0.391. The van der Waals surface area contributed by atoms with Gasteiger partial charge in [-0.3, -0.25) is 0 Å². The number of alkyl halides is 4. The summed E-state index contributed by atoms with van der Waals surface area (Å²) in [6.45, 7) is 0. The minimum absolute atomic E-state index is 0. The lowest BCUT2D eigenvalue weighted by Crippen LogP contribution is -2.16. The highest BCUT2D eigenvalue weighted by atomic mass is 35.5. The van der Waals surface area contributed by atoms with E-state index in [1.54, 1.807) is 0 Å². The summed E-state index contributed by atoms with van der Waals surface area (Å²) in [5, 5.41) is 0. The monoisotopic (exact) mass is 197 g/mol. The first kappa shape index (κ1) is 11.9. The Morgan fingerprint density at radius 1 is 1.00 bits per heavy atom. The van der Waals surface area contributed by atoms with Gasteiger partial charge in [0.25, 0.3) is 0 Å². The highest BCUT2D eigenvalue weighted by Gasteiger charge is 2.19. The minimum Gasteiger partial charge on any atom is -0.344 e. The fraction of sp³-hybridized carbons (Fsp3) is 1.00. The second-order valence-corrected chi connectivity index (χ2v) is 3.30. The van der Waals surface area contributed by atoms with Gasteiger partial charge in [0.2, 0.25) is 0 Å². The van der Waals surface area contributed by atoms with Gasteiger partial charge >= 0.3 is 0 Å². The SMILES string of the molecule is ClCC(Cl)(Cl)CCl.N. The smallest absolute Gasteiger partial charge is 0.145 e. The standard InChI is InChI=1S/C3H4Cl4.H3N/c4-1-3(6,7)2-5;/h1-2H2;1H3. The maximum Gasteiger partial charge on any atom is 0.145 e. The molecule has 5 heteroatoms. The Kier molecular flexibility index (Phi) is 7.34. The Labute approximate surface area is 68.8 Å². The lowest BCUT2D eigenvalue weighted by Gasteiger charge is -2.08. The van der Waals surface area contributed by atoms with Gasteiger partial charge in [0.05, 0.1) is 11.8 Å². The van der Waals surface area contributed by atoms with E-state index >= 15 is 0 Å². The first-order valence-electron chi connectivity index (χ1n) is 1.62. The molecule has 0 atom stereocenters. The summed E-state index contributed by atoms with van der Waals surface area (Å²) in [6.07, 6.45) is 0. The lowest BCUT2D eigenvalue weighted by molar-refractivity contribution is 1.01. The molecule has 0 heterocycles. The molecular weight excluding hydrogens is 192 g/mol. The second kappa shape index (κ2) is 4.95. The first-order valence-corrected chi connectivity index (χ1v) is 3.44. The topological polar surface area (TPSA) is 35.0 Å². The minimum atomic E-state index is -0.941. The molecule has 0 spiro atoms. The molecule has 0 aliphatic rings. The van der Waals surface area contributed by atoms with Crippen molar-refractivity contribution in [1.82, 2.24) is 6.15 Å². The van der Waals surface area contributed by atoms with Gasteiger partial charge in [-0.15, -0.1) is 23.2 Å². The van der Waals surface area contributed by atoms with Gasteiger partial charge < -0.3 is 6.15 Å². The van der Waals surface area contributed by atoms with Gasteiger partial charge in [0, 0.05) is 0 Å². The summed E-state index contributed by atoms with van der Waals surface area (Å²) in [5.74, 6) is 0.333. The molecule has 0 radical (unpaired) electrons. The van der Waals surface area contributed by atoms with E-state index < -0.39 is 4.33 Å². The fourth-order valence-electron chi connectivity index (χ4n) is 0.0357. The Bertz CT molecular complexity index is 49.2. The van der Waals surface area contributed by atoms with Gasteiger partial charge in [0.15, 0.2) is 0 Å². The van der Waals surface area contributed by atoms with E-state index in [1.165, 1.54) is 0 Å². The van der Waals surface area contributed by atoms with E-state index in [0.29, 0.717) is 0 Å². The van der Waals surface area contributed by atoms with Crippen molar-refractivity contribution >= 4 is 46.4 Å². The summed E-state index contributed by atoms with van der Waals surface area (Å²) in [7, 11) is 0. The Balaban J connectivity index is 0. The van der Waals surface area contributed by atoms with Crippen LogP contribution in [0.25, 0.3) is 0 Å². The molecule has 0 amide bonds. The van der Waals surface area contributed by atoms with Crippen molar-refractivity contribution in [2.45, 2.75) is 4.33 Å². The van der Waals surface area contributed by atoms with Crippen LogP contribution in [0.3, 0.4) is 0 Å². The Morgan fingerprint density at radius 2 is 1.25 bits per heavy atom. The maximum atomic E-state index is 5.41. The maximum absolute atomic E-state index is 5.41. The molecule has 8 heavy (non-hydrogen) atoms. The molecular formula is C3H7Cl4N. The molecule has 0 unspecified atom stereocenters. The van der Waals surface area contributed by atoms with Crippen molar-refractivity contribution in [3.8, 4) is 0 Å². The Hall–Kier alpha value is 1.12. The quantitative estimate of drug-likeness (QED) is 0.681. The van der Waals surface area contributed by atoms with Crippen LogP contribution in [0.15, 0.2) is 0 Å². The number of hydrogen-bond acceptors (Lipinski definition) is 1. The molecule has 0 aliphatic heterocycles. The summed E-state index contributed by atoms with van der Waals surface area (Å²) in [6, 6.07) is 0. The van der Waals surface area contributed by atoms with Crippen molar-refractivity contribution in [2.75, 3.05) is 11.8 Å². The van der Waals surface area contributed by atoms with Crippen LogP contribution in [0.1, 0.15) is 0 Å². The van der Waals surface area contributed by atoms with Gasteiger partial charge in [0.1, 0.15) is 4.33 Å². The van der Waals surface area contributed by atoms with Gasteiger partial charge in [-0.2, -0.15) is 0 Å². The largest absolute Gasteiger partial charge is 0.344 e. The number of rotatable bonds is 2. The van der Waals surface area contributed by atoms with Crippen LogP contribution in [-0.4, -0.2) is 16.1 Å². The molecule has 0 rings (SSSR count). The molecule has 52 valence electrons. The summed E-state index contributed by atoms with van der Waals surface area (Å²) >= 11 is 21.3. The van der Waals surface area contributed by atoms with Crippen LogP contribution >= 0.6 is 46.4 Å². The van der Waals surface area contributed by atoms with Crippen molar-refractivity contribution in [2.24, 2.45) is 0 Å². The van der Waals surface area contributed by atoms with Gasteiger partial charge in [-0.25, -0.2) is 0 Å². The average Bonchev–Trinajstić information content (AvgIpc) is 1.68. The van der Waals surface area contributed by atoms with Crippen molar-refractivity contribution in [3.05, 3.63) is 0 Å². The van der Waals surface area contributed by atoms with E-state index in [4.69, 9.17) is 46.4 Å². The molecule has 3 N–H and O–H groups in total. The van der Waals surface area contributed by atoms with E-state index in [9.17, 15) is 0 Å². The Morgan fingerprint density at radius 3 is 1.25 bits per heavy atom. The van der Waals surface area contributed by atoms with Gasteiger partial charge in [-0.1, -0.05) is 23.2 Å². The molecule has 0 saturated carbocycles. The predicted octanol–water partition coefficient (Wildman–Crippen LogP) is 2.80. The molecule has 0 aromatic heterocycles. The molecule has 0 aliphatic carbocycles. The van der Waals surface area contributed by atoms with E-state index in [-0.39, 0.29) is 17.9 Å². The zero-order valence-electron chi connectivity index (χ0n) is 4.13. The second-order valence-electron chi connectivity index (χ2n) is 1.12. The van der Waals surface area contributed by atoms with Crippen LogP contribution in [0.4, 0.5) is 0 Å². The van der Waals surface area contributed by atoms with Crippen LogP contribution in [-0.2, 0) is 0 Å². The normalized spacial score (nSPS) is 10.5. The van der Waals surface area contributed by atoms with Crippen molar-refractivity contribution in [1.29, 1.82) is 0 Å². The van der Waals surface area contributed by atoms with E-state index in [0.717, 1.165) is 0 Å². The highest BCUT2D eigenvalue weighted by Crippen LogP contribution is 2.23. The molecule has 1 nitrogen and oxygen atoms in total. The van der Waals surface area contributed by atoms with Crippen LogP contribution in [0, 0.1) is 0 Å². The lowest BCUT2D eigenvalue weighted by atomic mass is 10.5. The summed E-state index contributed by atoms with van der Waals surface area (Å²) in [4.78, 5) is 0. The average molecular weight is 199 g/mol. The molecule has 0 aromatic rings. The fourth-order valence-corrected chi connectivity index (χ4v) is 0.321. The summed E-state index contributed by atoms with van der Waals surface area (Å²) < 4.78 is -0.941. The highest BCUT2D eigenvalue weighted by molar-refractivity contribution is 6.54. The number of hydrogen-bond donors (Lipinski definition) is 1. The number of halogens is 4. The molecule has 0 bridgehead atoms. The van der Waals surface area contributed by atoms with Crippen molar-refractivity contribution < 1.29 is 0 Å². The van der Waals surface area contributed by atoms with Crippen LogP contribution < -0.4 is 6.15 Å². The third-order valence-corrected chi connectivity index (χ3v) is 2.39. The predicted molar refractivity (Wildman–Crippen MR) is 40.9 cm³/mol. The van der Waals surface area contributed by atoms with Crippen molar-refractivity contribution in [3.63, 3.8) is 0 Å². The zero-order chi connectivity index (χ0) is 5.91. The van der Waals surface area contributed by atoms with Crippen LogP contribution in [0.5, 0.6) is 0 Å². The first-order chi connectivity index (χ1) is 3.12. The zero-order valence-corrected chi connectivity index (χ0v) is 7.16. The molecule has 0 fully saturated rings. The summed E-state index contributed by atoms with van der Waals surface area (Å²) in [5.41, 5.74) is 0.